The summed E-state index contributed by atoms with van der Waals surface area (Å²) in [5.74, 6) is -0.0387. The predicted octanol–water partition coefficient (Wildman–Crippen LogP) is 4.19. The van der Waals surface area contributed by atoms with E-state index >= 15 is 0 Å². The molecule has 1 amide bonds. The number of anilines is 1. The van der Waals surface area contributed by atoms with Gasteiger partial charge in [0.1, 0.15) is 0 Å². The van der Waals surface area contributed by atoms with E-state index in [4.69, 9.17) is 4.98 Å². The van der Waals surface area contributed by atoms with Gasteiger partial charge in [0.2, 0.25) is 5.91 Å². The van der Waals surface area contributed by atoms with Gasteiger partial charge in [0, 0.05) is 23.2 Å². The number of benzene rings is 1. The Labute approximate surface area is 167 Å². The maximum atomic E-state index is 12.4. The normalized spacial score (nSPS) is 11.2. The van der Waals surface area contributed by atoms with Gasteiger partial charge in [-0.05, 0) is 56.4 Å². The van der Waals surface area contributed by atoms with E-state index in [1.807, 2.05) is 61.0 Å². The summed E-state index contributed by atoms with van der Waals surface area (Å²) in [6.07, 6.45) is 4.64. The van der Waals surface area contributed by atoms with Crippen LogP contribution in [0.15, 0.2) is 47.6 Å². The van der Waals surface area contributed by atoms with E-state index in [1.54, 1.807) is 18.0 Å². The van der Waals surface area contributed by atoms with Crippen molar-refractivity contribution < 1.29 is 4.79 Å². The fourth-order valence-electron chi connectivity index (χ4n) is 3.38. The summed E-state index contributed by atoms with van der Waals surface area (Å²) in [5, 5.41) is 9.55. The van der Waals surface area contributed by atoms with Gasteiger partial charge in [0.25, 0.3) is 0 Å². The number of nitrogens with zero attached hydrogens (tertiary/aromatic N) is 4. The van der Waals surface area contributed by atoms with Crippen molar-refractivity contribution in [3.63, 3.8) is 0 Å². The highest BCUT2D eigenvalue weighted by Crippen LogP contribution is 2.23. The quantitative estimate of drug-likeness (QED) is 0.517. The Kier molecular flexibility index (Phi) is 5.00. The molecule has 0 saturated heterocycles. The SMILES string of the molecule is CSc1ccc(NC(=O)CCc2c(C)nc3c4ccccc4nn3c2C)cn1. The van der Waals surface area contributed by atoms with Crippen LogP contribution in [0.4, 0.5) is 5.69 Å². The molecule has 4 rings (SSSR count). The van der Waals surface area contributed by atoms with Crippen molar-refractivity contribution in [2.75, 3.05) is 11.6 Å². The van der Waals surface area contributed by atoms with Gasteiger partial charge in [-0.15, -0.1) is 11.8 Å². The molecule has 3 aromatic heterocycles. The summed E-state index contributed by atoms with van der Waals surface area (Å²) in [6.45, 7) is 4.03. The Hall–Kier alpha value is -2.93. The average Bonchev–Trinajstić information content (AvgIpc) is 3.07. The molecule has 0 aliphatic carbocycles. The van der Waals surface area contributed by atoms with Crippen LogP contribution in [0.1, 0.15) is 23.4 Å². The number of aromatic nitrogens is 4. The summed E-state index contributed by atoms with van der Waals surface area (Å²) in [7, 11) is 0. The van der Waals surface area contributed by atoms with E-state index in [9.17, 15) is 4.79 Å². The van der Waals surface area contributed by atoms with Crippen LogP contribution in [-0.4, -0.2) is 31.7 Å². The van der Waals surface area contributed by atoms with E-state index in [2.05, 4.69) is 15.4 Å². The largest absolute Gasteiger partial charge is 0.325 e. The van der Waals surface area contributed by atoms with Crippen LogP contribution < -0.4 is 5.32 Å². The molecule has 0 bridgehead atoms. The number of pyridine rings is 1. The van der Waals surface area contributed by atoms with E-state index in [-0.39, 0.29) is 5.91 Å². The molecule has 0 radical (unpaired) electrons. The van der Waals surface area contributed by atoms with Crippen molar-refractivity contribution in [3.8, 4) is 0 Å². The lowest BCUT2D eigenvalue weighted by molar-refractivity contribution is -0.116. The molecule has 3 heterocycles. The highest BCUT2D eigenvalue weighted by atomic mass is 32.2. The predicted molar refractivity (Wildman–Crippen MR) is 113 cm³/mol. The van der Waals surface area contributed by atoms with Crippen molar-refractivity contribution in [2.24, 2.45) is 0 Å². The van der Waals surface area contributed by atoms with E-state index in [1.165, 1.54) is 0 Å². The van der Waals surface area contributed by atoms with Gasteiger partial charge in [0.05, 0.1) is 22.4 Å². The minimum absolute atomic E-state index is 0.0387. The first-order valence-electron chi connectivity index (χ1n) is 9.10. The van der Waals surface area contributed by atoms with Crippen LogP contribution in [0.2, 0.25) is 0 Å². The second-order valence-electron chi connectivity index (χ2n) is 6.65. The third kappa shape index (κ3) is 3.45. The minimum atomic E-state index is -0.0387. The first-order chi connectivity index (χ1) is 13.6. The summed E-state index contributed by atoms with van der Waals surface area (Å²) < 4.78 is 1.88. The second-order valence-corrected chi connectivity index (χ2v) is 7.48. The van der Waals surface area contributed by atoms with Gasteiger partial charge < -0.3 is 5.32 Å². The van der Waals surface area contributed by atoms with Crippen LogP contribution in [0.3, 0.4) is 0 Å². The Bertz CT molecular complexity index is 1170. The molecular weight excluding hydrogens is 370 g/mol. The molecule has 4 aromatic rings. The van der Waals surface area contributed by atoms with Crippen LogP contribution >= 0.6 is 11.8 Å². The summed E-state index contributed by atoms with van der Waals surface area (Å²) >= 11 is 1.57. The number of hydrogen-bond acceptors (Lipinski definition) is 5. The Morgan fingerprint density at radius 1 is 1.18 bits per heavy atom. The van der Waals surface area contributed by atoms with Crippen LogP contribution in [-0.2, 0) is 11.2 Å². The molecule has 0 aliphatic heterocycles. The highest BCUT2D eigenvalue weighted by molar-refractivity contribution is 7.98. The molecule has 0 fully saturated rings. The number of carbonyl (C=O) groups is 1. The fourth-order valence-corrected chi connectivity index (χ4v) is 3.74. The molecule has 6 nitrogen and oxygen atoms in total. The van der Waals surface area contributed by atoms with Gasteiger partial charge in [-0.2, -0.15) is 5.10 Å². The van der Waals surface area contributed by atoms with Gasteiger partial charge in [0.15, 0.2) is 5.65 Å². The minimum Gasteiger partial charge on any atom is -0.325 e. The number of amides is 1. The summed E-state index contributed by atoms with van der Waals surface area (Å²) in [4.78, 5) is 21.4. The second kappa shape index (κ2) is 7.59. The number of carbonyl (C=O) groups excluding carboxylic acids is 1. The molecule has 1 N–H and O–H groups in total. The van der Waals surface area contributed by atoms with Crippen molar-refractivity contribution in [2.45, 2.75) is 31.7 Å². The number of thioether (sulfide) groups is 1. The van der Waals surface area contributed by atoms with Crippen molar-refractivity contribution in [1.82, 2.24) is 19.6 Å². The van der Waals surface area contributed by atoms with E-state index < -0.39 is 0 Å². The zero-order valence-electron chi connectivity index (χ0n) is 16.1. The lowest BCUT2D eigenvalue weighted by atomic mass is 10.1. The lowest BCUT2D eigenvalue weighted by Crippen LogP contribution is -2.14. The smallest absolute Gasteiger partial charge is 0.224 e. The molecule has 1 aromatic carbocycles. The Morgan fingerprint density at radius 2 is 2.00 bits per heavy atom. The van der Waals surface area contributed by atoms with Crippen LogP contribution in [0, 0.1) is 13.8 Å². The molecule has 28 heavy (non-hydrogen) atoms. The summed E-state index contributed by atoms with van der Waals surface area (Å²) in [5.41, 5.74) is 5.52. The van der Waals surface area contributed by atoms with Gasteiger partial charge >= 0.3 is 0 Å². The topological polar surface area (TPSA) is 72.2 Å². The molecular formula is C21H21N5OS. The summed E-state index contributed by atoms with van der Waals surface area (Å²) in [6, 6.07) is 11.8. The third-order valence-electron chi connectivity index (χ3n) is 4.85. The molecule has 142 valence electrons. The molecule has 0 aliphatic rings. The van der Waals surface area contributed by atoms with Gasteiger partial charge in [-0.1, -0.05) is 12.1 Å². The lowest BCUT2D eigenvalue weighted by Gasteiger charge is -2.11. The standard InChI is InChI=1S/C21H21N5OS/c1-13-16(9-10-19(27)24-15-8-11-20(28-3)22-12-15)14(2)26-21(23-13)17-6-4-5-7-18(17)25-26/h4-8,11-12H,9-10H2,1-3H3,(H,24,27). The molecule has 0 unspecified atom stereocenters. The third-order valence-corrected chi connectivity index (χ3v) is 5.51. The Balaban J connectivity index is 1.54. The van der Waals surface area contributed by atoms with Crippen LogP contribution in [0.25, 0.3) is 16.6 Å². The number of fused-ring (bicyclic) bond motifs is 3. The van der Waals surface area contributed by atoms with Crippen molar-refractivity contribution in [1.29, 1.82) is 0 Å². The Morgan fingerprint density at radius 3 is 2.75 bits per heavy atom. The average molecular weight is 392 g/mol. The zero-order valence-corrected chi connectivity index (χ0v) is 16.9. The number of aryl methyl sites for hydroxylation is 2. The molecule has 0 spiro atoms. The number of hydrogen-bond donors (Lipinski definition) is 1. The zero-order chi connectivity index (χ0) is 19.7. The number of rotatable bonds is 5. The van der Waals surface area contributed by atoms with Crippen LogP contribution in [0.5, 0.6) is 0 Å². The fraction of sp³-hybridized carbons (Fsp3) is 0.238. The highest BCUT2D eigenvalue weighted by Gasteiger charge is 2.15. The monoisotopic (exact) mass is 391 g/mol. The van der Waals surface area contributed by atoms with Crippen molar-refractivity contribution >= 4 is 39.9 Å². The first-order valence-corrected chi connectivity index (χ1v) is 10.3. The van der Waals surface area contributed by atoms with Gasteiger partial charge in [-0.3, -0.25) is 4.79 Å². The molecule has 7 heteroatoms. The van der Waals surface area contributed by atoms with Gasteiger partial charge in [-0.25, -0.2) is 14.5 Å². The van der Waals surface area contributed by atoms with E-state index in [0.717, 1.165) is 38.5 Å². The maximum absolute atomic E-state index is 12.4. The first kappa shape index (κ1) is 18.4. The number of nitrogens with one attached hydrogen (secondary N) is 1. The molecule has 0 saturated carbocycles. The maximum Gasteiger partial charge on any atom is 0.224 e. The van der Waals surface area contributed by atoms with Crippen molar-refractivity contribution in [3.05, 3.63) is 59.5 Å². The van der Waals surface area contributed by atoms with E-state index in [0.29, 0.717) is 18.5 Å². The molecule has 0 atom stereocenters.